The molecule has 0 amide bonds. The molecular weight excluding hydrogens is 408 g/mol. The number of aromatic nitrogens is 1. The maximum atomic E-state index is 10.1. The summed E-state index contributed by atoms with van der Waals surface area (Å²) >= 11 is 3.29. The average molecular weight is 423 g/mol. The summed E-state index contributed by atoms with van der Waals surface area (Å²) in [5.41, 5.74) is 4.24. The van der Waals surface area contributed by atoms with Gasteiger partial charge < -0.3 is 14.6 Å². The van der Waals surface area contributed by atoms with Gasteiger partial charge in [-0.1, -0.05) is 12.1 Å². The number of halogens is 1. The summed E-state index contributed by atoms with van der Waals surface area (Å²) in [6.07, 6.45) is 1.63. The van der Waals surface area contributed by atoms with Gasteiger partial charge in [0.05, 0.1) is 10.2 Å². The van der Waals surface area contributed by atoms with E-state index in [1.807, 2.05) is 37.3 Å². The molecule has 0 aliphatic rings. The molecule has 134 valence electrons. The molecule has 4 rings (SSSR count). The molecule has 3 aromatic carbocycles. The zero-order valence-corrected chi connectivity index (χ0v) is 15.9. The first kappa shape index (κ1) is 17.3. The number of phenolic OH excluding ortho intramolecular Hbond substituents is 2. The van der Waals surface area contributed by atoms with Gasteiger partial charge in [0.25, 0.3) is 0 Å². The van der Waals surface area contributed by atoms with Gasteiger partial charge in [-0.15, -0.1) is 0 Å². The summed E-state index contributed by atoms with van der Waals surface area (Å²) in [5.74, 6) is 0.845. The fourth-order valence-electron chi connectivity index (χ4n) is 2.69. The smallest absolute Gasteiger partial charge is 0.227 e. The minimum Gasteiger partial charge on any atom is -0.507 e. The predicted molar refractivity (Wildman–Crippen MR) is 109 cm³/mol. The van der Waals surface area contributed by atoms with Gasteiger partial charge in [0.2, 0.25) is 5.89 Å². The molecule has 0 aliphatic carbocycles. The third kappa shape index (κ3) is 3.44. The molecule has 2 N–H and O–H groups in total. The Morgan fingerprint density at radius 2 is 1.93 bits per heavy atom. The fourth-order valence-corrected chi connectivity index (χ4v) is 3.07. The number of phenols is 2. The van der Waals surface area contributed by atoms with Gasteiger partial charge >= 0.3 is 0 Å². The van der Waals surface area contributed by atoms with Crippen molar-refractivity contribution < 1.29 is 14.6 Å². The molecular formula is C21H15BrN2O3. The van der Waals surface area contributed by atoms with Gasteiger partial charge in [-0.05, 0) is 70.9 Å². The fraction of sp³-hybridized carbons (Fsp3) is 0.0476. The summed E-state index contributed by atoms with van der Waals surface area (Å²) in [5, 5.41) is 19.7. The van der Waals surface area contributed by atoms with Gasteiger partial charge in [0, 0.05) is 17.3 Å². The Labute approximate surface area is 163 Å². The first-order chi connectivity index (χ1) is 13.0. The molecule has 0 atom stereocenters. The maximum Gasteiger partial charge on any atom is 0.227 e. The molecule has 27 heavy (non-hydrogen) atoms. The number of fused-ring (bicyclic) bond motifs is 1. The number of aryl methyl sites for hydroxylation is 1. The molecule has 0 unspecified atom stereocenters. The number of para-hydroxylation sites is 1. The molecule has 1 heterocycles. The third-order valence-electron chi connectivity index (χ3n) is 4.19. The van der Waals surface area contributed by atoms with Gasteiger partial charge in [-0.3, -0.25) is 4.99 Å². The van der Waals surface area contributed by atoms with Crippen LogP contribution in [-0.2, 0) is 0 Å². The molecule has 0 aliphatic heterocycles. The van der Waals surface area contributed by atoms with Crippen molar-refractivity contribution in [2.24, 2.45) is 4.99 Å². The topological polar surface area (TPSA) is 78.9 Å². The van der Waals surface area contributed by atoms with Crippen LogP contribution in [-0.4, -0.2) is 21.4 Å². The molecule has 6 heteroatoms. The van der Waals surface area contributed by atoms with E-state index in [1.54, 1.807) is 30.5 Å². The van der Waals surface area contributed by atoms with Crippen LogP contribution in [0.3, 0.4) is 0 Å². The molecule has 1 aromatic heterocycles. The van der Waals surface area contributed by atoms with Crippen LogP contribution in [0.5, 0.6) is 11.5 Å². The van der Waals surface area contributed by atoms with Crippen LogP contribution in [0.2, 0.25) is 0 Å². The lowest BCUT2D eigenvalue weighted by molar-refractivity contribution is 0.470. The zero-order chi connectivity index (χ0) is 19.0. The highest BCUT2D eigenvalue weighted by Gasteiger charge is 2.10. The number of hydrogen-bond donors (Lipinski definition) is 2. The van der Waals surface area contributed by atoms with Gasteiger partial charge in [0.15, 0.2) is 5.58 Å². The van der Waals surface area contributed by atoms with Gasteiger partial charge in [-0.25, -0.2) is 4.98 Å². The lowest BCUT2D eigenvalue weighted by Gasteiger charge is -2.01. The van der Waals surface area contributed by atoms with Crippen LogP contribution in [0.1, 0.15) is 11.1 Å². The van der Waals surface area contributed by atoms with Crippen molar-refractivity contribution in [3.63, 3.8) is 0 Å². The number of aromatic hydroxyl groups is 2. The standard InChI is InChI=1S/C21H15BrN2O3/c1-12-3-2-4-14(20(12)26)11-23-15-6-8-19-17(10-15)24-21(27-19)13-5-7-18(25)16(22)9-13/h2-11,25-26H,1H3. The van der Waals surface area contributed by atoms with Crippen LogP contribution < -0.4 is 0 Å². The highest BCUT2D eigenvalue weighted by molar-refractivity contribution is 9.10. The number of aliphatic imine (C=N–C) groups is 1. The van der Waals surface area contributed by atoms with Gasteiger partial charge in [0.1, 0.15) is 17.0 Å². The summed E-state index contributed by atoms with van der Waals surface area (Å²) < 4.78 is 6.37. The molecule has 5 nitrogen and oxygen atoms in total. The van der Waals surface area contributed by atoms with Crippen molar-refractivity contribution in [2.75, 3.05) is 0 Å². The number of benzene rings is 3. The summed E-state index contributed by atoms with van der Waals surface area (Å²) in [7, 11) is 0. The van der Waals surface area contributed by atoms with Crippen LogP contribution in [0.25, 0.3) is 22.6 Å². The monoisotopic (exact) mass is 422 g/mol. The molecule has 0 fully saturated rings. The lowest BCUT2D eigenvalue weighted by atomic mass is 10.1. The molecule has 0 spiro atoms. The minimum absolute atomic E-state index is 0.158. The van der Waals surface area contributed by atoms with E-state index in [2.05, 4.69) is 25.9 Å². The number of hydrogen-bond acceptors (Lipinski definition) is 5. The Morgan fingerprint density at radius 1 is 1.07 bits per heavy atom. The van der Waals surface area contributed by atoms with E-state index in [0.717, 1.165) is 11.1 Å². The van der Waals surface area contributed by atoms with E-state index in [1.165, 1.54) is 0 Å². The maximum absolute atomic E-state index is 10.1. The van der Waals surface area contributed by atoms with Crippen molar-refractivity contribution in [1.82, 2.24) is 4.98 Å². The quantitative estimate of drug-likeness (QED) is 0.413. The predicted octanol–water partition coefficient (Wildman–Crippen LogP) is 5.73. The zero-order valence-electron chi connectivity index (χ0n) is 14.3. The van der Waals surface area contributed by atoms with Gasteiger partial charge in [-0.2, -0.15) is 0 Å². The van der Waals surface area contributed by atoms with Crippen molar-refractivity contribution in [3.05, 3.63) is 70.2 Å². The highest BCUT2D eigenvalue weighted by Crippen LogP contribution is 2.32. The Morgan fingerprint density at radius 3 is 2.74 bits per heavy atom. The average Bonchev–Trinajstić information content (AvgIpc) is 3.08. The Balaban J connectivity index is 1.67. The normalized spacial score (nSPS) is 11.5. The number of rotatable bonds is 3. The Kier molecular flexibility index (Phi) is 4.41. The largest absolute Gasteiger partial charge is 0.507 e. The van der Waals surface area contributed by atoms with Crippen LogP contribution in [0, 0.1) is 6.92 Å². The molecule has 4 aromatic rings. The molecule has 0 saturated carbocycles. The summed E-state index contributed by atoms with van der Waals surface area (Å²) in [4.78, 5) is 8.94. The van der Waals surface area contributed by atoms with E-state index < -0.39 is 0 Å². The van der Waals surface area contributed by atoms with Crippen molar-refractivity contribution in [2.45, 2.75) is 6.92 Å². The van der Waals surface area contributed by atoms with Crippen LogP contribution >= 0.6 is 15.9 Å². The van der Waals surface area contributed by atoms with Crippen molar-refractivity contribution in [3.8, 4) is 23.0 Å². The molecule has 0 radical (unpaired) electrons. The first-order valence-electron chi connectivity index (χ1n) is 8.23. The first-order valence-corrected chi connectivity index (χ1v) is 9.03. The Hall–Kier alpha value is -3.12. The number of oxazole rings is 1. The van der Waals surface area contributed by atoms with E-state index in [9.17, 15) is 10.2 Å². The second kappa shape index (κ2) is 6.89. The third-order valence-corrected chi connectivity index (χ3v) is 4.82. The summed E-state index contributed by atoms with van der Waals surface area (Å²) in [6.45, 7) is 1.84. The van der Waals surface area contributed by atoms with E-state index >= 15 is 0 Å². The molecule has 0 bridgehead atoms. The Bertz CT molecular complexity index is 1180. The van der Waals surface area contributed by atoms with Crippen molar-refractivity contribution in [1.29, 1.82) is 0 Å². The second-order valence-corrected chi connectivity index (χ2v) is 6.96. The number of nitrogens with zero attached hydrogens (tertiary/aromatic N) is 2. The molecule has 0 saturated heterocycles. The summed E-state index contributed by atoms with van der Waals surface area (Å²) in [6, 6.07) is 16.1. The highest BCUT2D eigenvalue weighted by atomic mass is 79.9. The van der Waals surface area contributed by atoms with Crippen LogP contribution in [0.4, 0.5) is 5.69 Å². The van der Waals surface area contributed by atoms with Crippen molar-refractivity contribution >= 4 is 38.9 Å². The van der Waals surface area contributed by atoms with Crippen LogP contribution in [0.15, 0.2) is 68.5 Å². The van der Waals surface area contributed by atoms with E-state index in [-0.39, 0.29) is 11.5 Å². The SMILES string of the molecule is Cc1cccc(C=Nc2ccc3oc(-c4ccc(O)c(Br)c4)nc3c2)c1O. The lowest BCUT2D eigenvalue weighted by Crippen LogP contribution is -1.84. The van der Waals surface area contributed by atoms with E-state index in [0.29, 0.717) is 32.7 Å². The second-order valence-electron chi connectivity index (χ2n) is 6.11. The van der Waals surface area contributed by atoms with E-state index in [4.69, 9.17) is 4.42 Å². The minimum atomic E-state index is 0.158.